The molecule has 0 saturated heterocycles. The second-order valence-electron chi connectivity index (χ2n) is 3.72. The summed E-state index contributed by atoms with van der Waals surface area (Å²) in [5, 5.41) is 9.49. The lowest BCUT2D eigenvalue weighted by atomic mass is 10.0. The van der Waals surface area contributed by atoms with Crippen LogP contribution in [0, 0.1) is 0 Å². The van der Waals surface area contributed by atoms with Crippen LogP contribution in [0.4, 0.5) is 13.2 Å². The predicted octanol–water partition coefficient (Wildman–Crippen LogP) is 2.53. The molecule has 2 rings (SSSR count). The first-order chi connectivity index (χ1) is 7.91. The molecule has 1 N–H and O–H groups in total. The van der Waals surface area contributed by atoms with Gasteiger partial charge in [0.25, 0.3) is 0 Å². The zero-order chi connectivity index (χ0) is 12.6. The van der Waals surface area contributed by atoms with Crippen molar-refractivity contribution in [2.24, 2.45) is 0 Å². The molecule has 0 radical (unpaired) electrons. The molecule has 17 heavy (non-hydrogen) atoms. The Morgan fingerprint density at radius 3 is 2.47 bits per heavy atom. The van der Waals surface area contributed by atoms with E-state index in [-0.39, 0.29) is 30.3 Å². The fourth-order valence-electron chi connectivity index (χ4n) is 1.80. The van der Waals surface area contributed by atoms with Crippen molar-refractivity contribution in [1.82, 2.24) is 0 Å². The van der Waals surface area contributed by atoms with E-state index in [1.807, 2.05) is 0 Å². The van der Waals surface area contributed by atoms with Gasteiger partial charge >= 0.3 is 6.18 Å². The van der Waals surface area contributed by atoms with Crippen molar-refractivity contribution >= 4 is 0 Å². The average molecular weight is 248 g/mol. The van der Waals surface area contributed by atoms with Crippen LogP contribution in [0.15, 0.2) is 12.1 Å². The highest BCUT2D eigenvalue weighted by molar-refractivity contribution is 5.53. The Labute approximate surface area is 95.8 Å². The van der Waals surface area contributed by atoms with Crippen LogP contribution in [-0.2, 0) is 6.18 Å². The number of hydrogen-bond acceptors (Lipinski definition) is 3. The minimum Gasteiger partial charge on any atom is -0.486 e. The maximum Gasteiger partial charge on any atom is 0.416 e. The number of aliphatic hydroxyl groups is 1. The van der Waals surface area contributed by atoms with Crippen molar-refractivity contribution < 1.29 is 27.8 Å². The van der Waals surface area contributed by atoms with Crippen molar-refractivity contribution in [3.63, 3.8) is 0 Å². The van der Waals surface area contributed by atoms with E-state index < -0.39 is 17.8 Å². The molecule has 1 atom stereocenters. The Morgan fingerprint density at radius 1 is 1.24 bits per heavy atom. The summed E-state index contributed by atoms with van der Waals surface area (Å²) < 4.78 is 48.7. The van der Waals surface area contributed by atoms with Crippen LogP contribution in [0.3, 0.4) is 0 Å². The molecule has 6 heteroatoms. The molecule has 0 bridgehead atoms. The molecular weight excluding hydrogens is 237 g/mol. The number of aliphatic hydroxyl groups excluding tert-OH is 1. The van der Waals surface area contributed by atoms with Gasteiger partial charge < -0.3 is 14.6 Å². The molecule has 1 aliphatic rings. The molecule has 0 fully saturated rings. The summed E-state index contributed by atoms with van der Waals surface area (Å²) in [6, 6.07) is 2.11. The van der Waals surface area contributed by atoms with E-state index in [1.165, 1.54) is 13.0 Å². The average Bonchev–Trinajstić information content (AvgIpc) is 2.26. The number of halogens is 3. The number of benzene rings is 1. The van der Waals surface area contributed by atoms with Gasteiger partial charge in [-0.2, -0.15) is 13.2 Å². The first-order valence-corrected chi connectivity index (χ1v) is 5.09. The highest BCUT2D eigenvalue weighted by Crippen LogP contribution is 2.44. The Morgan fingerprint density at radius 2 is 1.88 bits per heavy atom. The fourth-order valence-corrected chi connectivity index (χ4v) is 1.80. The summed E-state index contributed by atoms with van der Waals surface area (Å²) in [6.45, 7) is 1.73. The summed E-state index contributed by atoms with van der Waals surface area (Å²) in [7, 11) is 0. The van der Waals surface area contributed by atoms with E-state index in [9.17, 15) is 18.3 Å². The van der Waals surface area contributed by atoms with Gasteiger partial charge in [0.05, 0.1) is 11.7 Å². The van der Waals surface area contributed by atoms with Gasteiger partial charge in [-0.1, -0.05) is 0 Å². The van der Waals surface area contributed by atoms with Crippen molar-refractivity contribution in [1.29, 1.82) is 0 Å². The van der Waals surface area contributed by atoms with E-state index in [1.54, 1.807) is 0 Å². The van der Waals surface area contributed by atoms with Crippen LogP contribution in [0.5, 0.6) is 11.5 Å². The predicted molar refractivity (Wildman–Crippen MR) is 53.1 cm³/mol. The maximum atomic E-state index is 12.8. The van der Waals surface area contributed by atoms with Gasteiger partial charge in [0.15, 0.2) is 11.5 Å². The van der Waals surface area contributed by atoms with Crippen LogP contribution in [0.1, 0.15) is 24.2 Å². The van der Waals surface area contributed by atoms with E-state index >= 15 is 0 Å². The molecule has 1 unspecified atom stereocenters. The molecule has 0 aromatic heterocycles. The highest BCUT2D eigenvalue weighted by Gasteiger charge is 2.37. The van der Waals surface area contributed by atoms with Gasteiger partial charge in [0.1, 0.15) is 13.2 Å². The van der Waals surface area contributed by atoms with Crippen LogP contribution in [0.2, 0.25) is 0 Å². The van der Waals surface area contributed by atoms with Crippen LogP contribution in [-0.4, -0.2) is 18.3 Å². The Balaban J connectivity index is 2.62. The molecule has 1 aromatic rings. The Bertz CT molecular complexity index is 427. The standard InChI is InChI=1S/C11H11F3O3/c1-6(15)9-7(11(12,13)14)2-3-8-10(9)17-5-4-16-8/h2-3,6,15H,4-5H2,1H3. The second kappa shape index (κ2) is 4.10. The van der Waals surface area contributed by atoms with Crippen LogP contribution >= 0.6 is 0 Å². The molecule has 0 saturated carbocycles. The second-order valence-corrected chi connectivity index (χ2v) is 3.72. The van der Waals surface area contributed by atoms with Crippen molar-refractivity contribution in [2.75, 3.05) is 13.2 Å². The number of ether oxygens (including phenoxy) is 2. The van der Waals surface area contributed by atoms with Gasteiger partial charge in [0, 0.05) is 5.56 Å². The maximum absolute atomic E-state index is 12.8. The van der Waals surface area contributed by atoms with E-state index in [0.29, 0.717) is 0 Å². The Kier molecular flexibility index (Phi) is 2.91. The molecular formula is C11H11F3O3. The smallest absolute Gasteiger partial charge is 0.416 e. The molecule has 94 valence electrons. The summed E-state index contributed by atoms with van der Waals surface area (Å²) in [4.78, 5) is 0. The van der Waals surface area contributed by atoms with E-state index in [2.05, 4.69) is 0 Å². The summed E-state index contributed by atoms with van der Waals surface area (Å²) in [5.41, 5.74) is -1.16. The molecule has 3 nitrogen and oxygen atoms in total. The van der Waals surface area contributed by atoms with Gasteiger partial charge in [-0.3, -0.25) is 0 Å². The van der Waals surface area contributed by atoms with E-state index in [0.717, 1.165) is 6.07 Å². The third-order valence-electron chi connectivity index (χ3n) is 2.47. The molecule has 0 amide bonds. The number of fused-ring (bicyclic) bond motifs is 1. The third kappa shape index (κ3) is 2.17. The third-order valence-corrected chi connectivity index (χ3v) is 2.47. The van der Waals surface area contributed by atoms with Crippen molar-refractivity contribution in [3.8, 4) is 11.5 Å². The van der Waals surface area contributed by atoms with Crippen molar-refractivity contribution in [3.05, 3.63) is 23.3 Å². The summed E-state index contributed by atoms with van der Waals surface area (Å²) in [5.74, 6) is 0.223. The highest BCUT2D eigenvalue weighted by atomic mass is 19.4. The van der Waals surface area contributed by atoms with Gasteiger partial charge in [-0.25, -0.2) is 0 Å². The van der Waals surface area contributed by atoms with Crippen LogP contribution < -0.4 is 9.47 Å². The quantitative estimate of drug-likeness (QED) is 0.830. The van der Waals surface area contributed by atoms with Gasteiger partial charge in [-0.05, 0) is 19.1 Å². The first kappa shape index (κ1) is 12.0. The summed E-state index contributed by atoms with van der Waals surface area (Å²) >= 11 is 0. The zero-order valence-corrected chi connectivity index (χ0v) is 9.04. The Hall–Kier alpha value is -1.43. The lowest BCUT2D eigenvalue weighted by Crippen LogP contribution is -2.20. The van der Waals surface area contributed by atoms with E-state index in [4.69, 9.17) is 9.47 Å². The first-order valence-electron chi connectivity index (χ1n) is 5.09. The molecule has 1 aliphatic heterocycles. The topological polar surface area (TPSA) is 38.7 Å². The van der Waals surface area contributed by atoms with Gasteiger partial charge in [0.2, 0.25) is 0 Å². The normalized spacial score (nSPS) is 16.8. The molecule has 1 aromatic carbocycles. The zero-order valence-electron chi connectivity index (χ0n) is 9.04. The lowest BCUT2D eigenvalue weighted by molar-refractivity contribution is -0.139. The lowest BCUT2D eigenvalue weighted by Gasteiger charge is -2.25. The SMILES string of the molecule is CC(O)c1c(C(F)(F)F)ccc2c1OCCO2. The largest absolute Gasteiger partial charge is 0.486 e. The van der Waals surface area contributed by atoms with Gasteiger partial charge in [-0.15, -0.1) is 0 Å². The number of alkyl halides is 3. The summed E-state index contributed by atoms with van der Waals surface area (Å²) in [6.07, 6.45) is -5.80. The fraction of sp³-hybridized carbons (Fsp3) is 0.455. The minimum absolute atomic E-state index is 0.0129. The monoisotopic (exact) mass is 248 g/mol. The van der Waals surface area contributed by atoms with Crippen LogP contribution in [0.25, 0.3) is 0 Å². The molecule has 1 heterocycles. The molecule has 0 spiro atoms. The minimum atomic E-state index is -4.53. The molecule has 0 aliphatic carbocycles. The number of hydrogen-bond donors (Lipinski definition) is 1. The number of rotatable bonds is 1. The van der Waals surface area contributed by atoms with Crippen molar-refractivity contribution in [2.45, 2.75) is 19.2 Å².